The fourth-order valence-electron chi connectivity index (χ4n) is 2.64. The van der Waals surface area contributed by atoms with E-state index in [2.05, 4.69) is 53.7 Å². The van der Waals surface area contributed by atoms with Crippen molar-refractivity contribution in [1.82, 2.24) is 0 Å². The first-order valence-corrected chi connectivity index (χ1v) is 8.04. The van der Waals surface area contributed by atoms with Crippen LogP contribution in [0.4, 0.5) is 0 Å². The summed E-state index contributed by atoms with van der Waals surface area (Å²) in [5.41, 5.74) is 8.73. The van der Waals surface area contributed by atoms with Gasteiger partial charge in [0.1, 0.15) is 0 Å². The maximum atomic E-state index is 3.40. The standard InChI is InChI=1S/2C10H15.2ClH.Hf/c2*1-4-5-10-6-8(2)9(3)7-10;;;/h2*4-6H2,1-3H3;2*1H;/q2*-1;;;+4/p-2. The normalized spacial score (nSPS) is 15.7. The van der Waals surface area contributed by atoms with Gasteiger partial charge in [-0.3, -0.25) is 0 Å². The SMILES string of the molecule is CCCC1=[C-]C(C)=C(C)C1.CCCC1=[C-]C(C)=C(C)C1.[Cl-].[Cl-].[Hf+4]. The summed E-state index contributed by atoms with van der Waals surface area (Å²) in [5.74, 6) is 0. The Morgan fingerprint density at radius 2 is 1.00 bits per heavy atom. The van der Waals surface area contributed by atoms with Crippen molar-refractivity contribution in [2.45, 2.75) is 80.1 Å². The number of allylic oxidation sites excluding steroid dienone is 8. The molecule has 0 spiro atoms. The summed E-state index contributed by atoms with van der Waals surface area (Å²) in [4.78, 5) is 0. The van der Waals surface area contributed by atoms with Gasteiger partial charge in [0.15, 0.2) is 0 Å². The quantitative estimate of drug-likeness (QED) is 0.375. The van der Waals surface area contributed by atoms with Gasteiger partial charge in [-0.2, -0.15) is 11.1 Å². The van der Waals surface area contributed by atoms with Gasteiger partial charge in [-0.25, -0.2) is 34.4 Å². The molecule has 0 N–H and O–H groups in total. The predicted molar refractivity (Wildman–Crippen MR) is 89.3 cm³/mol. The molecule has 0 saturated heterocycles. The molecule has 0 amide bonds. The second-order valence-electron chi connectivity index (χ2n) is 6.12. The zero-order chi connectivity index (χ0) is 15.1. The van der Waals surface area contributed by atoms with Crippen molar-refractivity contribution in [3.63, 3.8) is 0 Å². The summed E-state index contributed by atoms with van der Waals surface area (Å²) in [6.07, 6.45) is 14.1. The van der Waals surface area contributed by atoms with E-state index in [0.717, 1.165) is 0 Å². The third kappa shape index (κ3) is 10.1. The van der Waals surface area contributed by atoms with E-state index in [4.69, 9.17) is 0 Å². The fraction of sp³-hybridized carbons (Fsp3) is 0.600. The van der Waals surface area contributed by atoms with Gasteiger partial charge < -0.3 is 24.8 Å². The first kappa shape index (κ1) is 28.2. The van der Waals surface area contributed by atoms with Gasteiger partial charge in [0.25, 0.3) is 0 Å². The summed E-state index contributed by atoms with van der Waals surface area (Å²) in [7, 11) is 0. The van der Waals surface area contributed by atoms with Gasteiger partial charge in [0.2, 0.25) is 0 Å². The average Bonchev–Trinajstić information content (AvgIpc) is 2.85. The summed E-state index contributed by atoms with van der Waals surface area (Å²) >= 11 is 0. The van der Waals surface area contributed by atoms with Gasteiger partial charge in [-0.1, -0.05) is 66.2 Å². The van der Waals surface area contributed by atoms with Crippen molar-refractivity contribution in [1.29, 1.82) is 0 Å². The molecule has 0 atom stereocenters. The van der Waals surface area contributed by atoms with Crippen molar-refractivity contribution < 1.29 is 50.7 Å². The molecule has 0 aromatic carbocycles. The molecular weight excluding hydrogens is 490 g/mol. The molecule has 0 radical (unpaired) electrons. The van der Waals surface area contributed by atoms with Crippen LogP contribution in [0.25, 0.3) is 0 Å². The second kappa shape index (κ2) is 14.7. The third-order valence-corrected chi connectivity index (χ3v) is 4.07. The van der Waals surface area contributed by atoms with Crippen LogP contribution in [0.3, 0.4) is 0 Å². The first-order chi connectivity index (χ1) is 9.47. The molecule has 0 aromatic rings. The molecule has 3 heteroatoms. The molecule has 0 saturated carbocycles. The van der Waals surface area contributed by atoms with E-state index in [1.807, 2.05) is 0 Å². The largest absolute Gasteiger partial charge is 4.00 e. The average molecular weight is 520 g/mol. The Morgan fingerprint density at radius 1 is 0.696 bits per heavy atom. The second-order valence-corrected chi connectivity index (χ2v) is 6.12. The Hall–Kier alpha value is 0.410. The van der Waals surface area contributed by atoms with E-state index < -0.39 is 0 Å². The van der Waals surface area contributed by atoms with Gasteiger partial charge in [-0.05, 0) is 0 Å². The van der Waals surface area contributed by atoms with Crippen molar-refractivity contribution in [3.05, 3.63) is 45.6 Å². The molecule has 2 rings (SSSR count). The number of hydrogen-bond donors (Lipinski definition) is 0. The molecule has 0 fully saturated rings. The molecule has 0 aromatic heterocycles. The fourth-order valence-corrected chi connectivity index (χ4v) is 2.64. The number of hydrogen-bond acceptors (Lipinski definition) is 0. The van der Waals surface area contributed by atoms with Gasteiger partial charge >= 0.3 is 25.8 Å². The Kier molecular flexibility index (Phi) is 18.1. The van der Waals surface area contributed by atoms with Gasteiger partial charge in [0, 0.05) is 0 Å². The first-order valence-electron chi connectivity index (χ1n) is 8.04. The number of halogens is 2. The molecule has 0 nitrogen and oxygen atoms in total. The molecule has 128 valence electrons. The smallest absolute Gasteiger partial charge is 1.00 e. The zero-order valence-electron chi connectivity index (χ0n) is 15.5. The Labute approximate surface area is 175 Å². The summed E-state index contributed by atoms with van der Waals surface area (Å²) in [6.45, 7) is 13.1. The molecule has 0 unspecified atom stereocenters. The Balaban J connectivity index is -0.000000308. The van der Waals surface area contributed by atoms with Crippen LogP contribution in [0.15, 0.2) is 33.4 Å². The predicted octanol–water partition coefficient (Wildman–Crippen LogP) is 0.518. The van der Waals surface area contributed by atoms with Crippen molar-refractivity contribution in [3.8, 4) is 0 Å². The van der Waals surface area contributed by atoms with E-state index in [-0.39, 0.29) is 50.7 Å². The molecule has 2 aliphatic rings. The third-order valence-electron chi connectivity index (χ3n) is 4.07. The van der Waals surface area contributed by atoms with Crippen LogP contribution < -0.4 is 24.8 Å². The monoisotopic (exact) mass is 520 g/mol. The zero-order valence-corrected chi connectivity index (χ0v) is 20.6. The van der Waals surface area contributed by atoms with E-state index in [0.29, 0.717) is 0 Å². The Bertz CT molecular complexity index is 424. The van der Waals surface area contributed by atoms with E-state index >= 15 is 0 Å². The number of rotatable bonds is 4. The summed E-state index contributed by atoms with van der Waals surface area (Å²) in [6, 6.07) is 0. The minimum atomic E-state index is 0. The molecule has 23 heavy (non-hydrogen) atoms. The van der Waals surface area contributed by atoms with E-state index in [1.165, 1.54) is 72.0 Å². The van der Waals surface area contributed by atoms with Crippen molar-refractivity contribution in [2.75, 3.05) is 0 Å². The van der Waals surface area contributed by atoms with Crippen LogP contribution in [0.1, 0.15) is 80.1 Å². The van der Waals surface area contributed by atoms with Gasteiger partial charge in [-0.15, -0.1) is 13.8 Å². The topological polar surface area (TPSA) is 0 Å². The molecule has 0 bridgehead atoms. The van der Waals surface area contributed by atoms with Crippen LogP contribution in [-0.2, 0) is 25.8 Å². The molecule has 2 aliphatic carbocycles. The van der Waals surface area contributed by atoms with Crippen LogP contribution in [0.2, 0.25) is 0 Å². The van der Waals surface area contributed by atoms with Crippen molar-refractivity contribution in [2.24, 2.45) is 0 Å². The minimum absolute atomic E-state index is 0. The van der Waals surface area contributed by atoms with Crippen LogP contribution in [0.5, 0.6) is 0 Å². The molecule has 0 aliphatic heterocycles. The molecule has 0 heterocycles. The summed E-state index contributed by atoms with van der Waals surface area (Å²) in [5, 5.41) is 0. The Morgan fingerprint density at radius 3 is 1.17 bits per heavy atom. The van der Waals surface area contributed by atoms with Crippen LogP contribution in [-0.4, -0.2) is 0 Å². The van der Waals surface area contributed by atoms with Crippen LogP contribution in [0, 0.1) is 12.2 Å². The maximum Gasteiger partial charge on any atom is 4.00 e. The molecular formula is C20H30Cl2Hf. The van der Waals surface area contributed by atoms with E-state index in [1.54, 1.807) is 0 Å². The van der Waals surface area contributed by atoms with Gasteiger partial charge in [0.05, 0.1) is 0 Å². The maximum absolute atomic E-state index is 3.40. The van der Waals surface area contributed by atoms with E-state index in [9.17, 15) is 0 Å². The van der Waals surface area contributed by atoms with Crippen molar-refractivity contribution >= 4 is 0 Å². The van der Waals surface area contributed by atoms with Crippen LogP contribution >= 0.6 is 0 Å². The minimum Gasteiger partial charge on any atom is -1.00 e. The summed E-state index contributed by atoms with van der Waals surface area (Å²) < 4.78 is 0.